The number of para-hydroxylation sites is 1. The van der Waals surface area contributed by atoms with E-state index in [0.29, 0.717) is 11.8 Å². The lowest BCUT2D eigenvalue weighted by Crippen LogP contribution is -2.20. The normalized spacial score (nSPS) is 12.5. The lowest BCUT2D eigenvalue weighted by atomic mass is 10.3. The van der Waals surface area contributed by atoms with Gasteiger partial charge in [-0.05, 0) is 41.8 Å². The van der Waals surface area contributed by atoms with Crippen LogP contribution in [0, 0.1) is 0 Å². The maximum absolute atomic E-state index is 4.06. The van der Waals surface area contributed by atoms with Crippen LogP contribution >= 0.6 is 11.8 Å². The van der Waals surface area contributed by atoms with E-state index in [1.807, 2.05) is 42.1 Å². The van der Waals surface area contributed by atoms with E-state index in [-0.39, 0.29) is 0 Å². The number of nitrogens with one attached hydrogen (secondary N) is 1. The van der Waals surface area contributed by atoms with Crippen molar-refractivity contribution < 1.29 is 0 Å². The first-order valence-corrected chi connectivity index (χ1v) is 7.66. The van der Waals surface area contributed by atoms with Gasteiger partial charge in [-0.2, -0.15) is 16.4 Å². The summed E-state index contributed by atoms with van der Waals surface area (Å²) in [5.74, 6) is 0.836. The summed E-state index contributed by atoms with van der Waals surface area (Å²) in [6.45, 7) is 3.90. The van der Waals surface area contributed by atoms with Crippen molar-refractivity contribution >= 4 is 11.8 Å². The van der Waals surface area contributed by atoms with Gasteiger partial charge in [-0.3, -0.25) is 0 Å². The molecule has 0 saturated carbocycles. The predicted molar refractivity (Wildman–Crippen MR) is 78.5 cm³/mol. The van der Waals surface area contributed by atoms with Gasteiger partial charge < -0.3 is 5.32 Å². The van der Waals surface area contributed by atoms with Gasteiger partial charge in [0.15, 0.2) is 5.82 Å². The molecule has 0 radical (unpaired) electrons. The number of rotatable bonds is 7. The van der Waals surface area contributed by atoms with E-state index in [9.17, 15) is 0 Å². The van der Waals surface area contributed by atoms with E-state index >= 15 is 0 Å². The molecule has 102 valence electrons. The Morgan fingerprint density at radius 3 is 2.84 bits per heavy atom. The lowest BCUT2D eigenvalue weighted by molar-refractivity contribution is 0.615. The molecule has 0 spiro atoms. The molecular weight excluding hydrogens is 258 g/mol. The lowest BCUT2D eigenvalue weighted by Gasteiger charge is -2.09. The molecule has 1 heterocycles. The Kier molecular flexibility index (Phi) is 5.35. The fraction of sp³-hybridized carbons (Fsp3) is 0.462. The highest BCUT2D eigenvalue weighted by Crippen LogP contribution is 2.09. The summed E-state index contributed by atoms with van der Waals surface area (Å²) >= 11 is 1.89. The van der Waals surface area contributed by atoms with Gasteiger partial charge in [0, 0.05) is 5.25 Å². The van der Waals surface area contributed by atoms with Crippen LogP contribution in [-0.4, -0.2) is 38.3 Å². The SMILES string of the molecule is CSC(C)CCNCc1nnnn1-c1ccccc1. The molecule has 5 nitrogen and oxygen atoms in total. The second-order valence-electron chi connectivity index (χ2n) is 4.35. The number of tetrazole rings is 1. The van der Waals surface area contributed by atoms with Crippen LogP contribution < -0.4 is 5.32 Å². The summed E-state index contributed by atoms with van der Waals surface area (Å²) < 4.78 is 1.77. The highest BCUT2D eigenvalue weighted by Gasteiger charge is 2.07. The monoisotopic (exact) mass is 277 g/mol. The van der Waals surface area contributed by atoms with Crippen molar-refractivity contribution in [1.29, 1.82) is 0 Å². The quantitative estimate of drug-likeness (QED) is 0.783. The average molecular weight is 277 g/mol. The van der Waals surface area contributed by atoms with Crippen LogP contribution in [0.3, 0.4) is 0 Å². The van der Waals surface area contributed by atoms with Crippen molar-refractivity contribution in [3.63, 3.8) is 0 Å². The molecule has 0 aliphatic rings. The zero-order chi connectivity index (χ0) is 13.5. The number of aromatic nitrogens is 4. The first kappa shape index (κ1) is 14.0. The number of hydrogen-bond acceptors (Lipinski definition) is 5. The molecule has 1 aromatic heterocycles. The zero-order valence-electron chi connectivity index (χ0n) is 11.3. The zero-order valence-corrected chi connectivity index (χ0v) is 12.1. The summed E-state index contributed by atoms with van der Waals surface area (Å²) in [7, 11) is 0. The van der Waals surface area contributed by atoms with Crippen LogP contribution in [0.5, 0.6) is 0 Å². The molecule has 6 heteroatoms. The summed E-state index contributed by atoms with van der Waals surface area (Å²) in [5, 5.41) is 15.9. The van der Waals surface area contributed by atoms with Crippen molar-refractivity contribution in [2.75, 3.05) is 12.8 Å². The second kappa shape index (κ2) is 7.25. The van der Waals surface area contributed by atoms with Crippen molar-refractivity contribution in [2.24, 2.45) is 0 Å². The standard InChI is InChI=1S/C13H19N5S/c1-11(19-2)8-9-14-10-13-15-16-17-18(13)12-6-4-3-5-7-12/h3-7,11,14H,8-10H2,1-2H3. The molecule has 1 atom stereocenters. The molecule has 1 N–H and O–H groups in total. The third kappa shape index (κ3) is 4.04. The van der Waals surface area contributed by atoms with Gasteiger partial charge in [0.2, 0.25) is 0 Å². The van der Waals surface area contributed by atoms with Gasteiger partial charge in [0.1, 0.15) is 0 Å². The Morgan fingerprint density at radius 2 is 2.11 bits per heavy atom. The van der Waals surface area contributed by atoms with Gasteiger partial charge in [-0.15, -0.1) is 5.10 Å². The number of benzene rings is 1. The molecule has 2 rings (SSSR count). The first-order valence-electron chi connectivity index (χ1n) is 6.37. The van der Waals surface area contributed by atoms with Crippen LogP contribution in [0.1, 0.15) is 19.2 Å². The van der Waals surface area contributed by atoms with Crippen LogP contribution in [0.25, 0.3) is 5.69 Å². The minimum atomic E-state index is 0.678. The molecule has 19 heavy (non-hydrogen) atoms. The van der Waals surface area contributed by atoms with E-state index in [2.05, 4.69) is 34.0 Å². The van der Waals surface area contributed by atoms with E-state index in [1.165, 1.54) is 0 Å². The topological polar surface area (TPSA) is 55.6 Å². The summed E-state index contributed by atoms with van der Waals surface area (Å²) in [4.78, 5) is 0. The fourth-order valence-corrected chi connectivity index (χ4v) is 2.06. The molecule has 0 fully saturated rings. The Bertz CT molecular complexity index is 485. The van der Waals surface area contributed by atoms with Crippen LogP contribution in [0.15, 0.2) is 30.3 Å². The van der Waals surface area contributed by atoms with E-state index in [4.69, 9.17) is 0 Å². The maximum atomic E-state index is 4.06. The first-order chi connectivity index (χ1) is 9.31. The van der Waals surface area contributed by atoms with Gasteiger partial charge in [-0.1, -0.05) is 25.1 Å². The highest BCUT2D eigenvalue weighted by atomic mass is 32.2. The number of thioether (sulfide) groups is 1. The smallest absolute Gasteiger partial charge is 0.170 e. The molecule has 2 aromatic rings. The van der Waals surface area contributed by atoms with Crippen molar-refractivity contribution in [3.8, 4) is 5.69 Å². The molecule has 0 aliphatic heterocycles. The molecule has 0 amide bonds. The summed E-state index contributed by atoms with van der Waals surface area (Å²) in [5.41, 5.74) is 0.988. The Hall–Kier alpha value is -1.40. The predicted octanol–water partition coefficient (Wildman–Crippen LogP) is 1.89. The minimum absolute atomic E-state index is 0.678. The van der Waals surface area contributed by atoms with Crippen molar-refractivity contribution in [3.05, 3.63) is 36.2 Å². The van der Waals surface area contributed by atoms with Gasteiger partial charge >= 0.3 is 0 Å². The van der Waals surface area contributed by atoms with Crippen molar-refractivity contribution in [2.45, 2.75) is 25.1 Å². The molecule has 0 saturated heterocycles. The minimum Gasteiger partial charge on any atom is -0.310 e. The van der Waals surface area contributed by atoms with Gasteiger partial charge in [0.25, 0.3) is 0 Å². The molecular formula is C13H19N5S. The summed E-state index contributed by atoms with van der Waals surface area (Å²) in [6, 6.07) is 9.93. The van der Waals surface area contributed by atoms with Crippen molar-refractivity contribution in [1.82, 2.24) is 25.5 Å². The van der Waals surface area contributed by atoms with E-state index in [1.54, 1.807) is 4.68 Å². The van der Waals surface area contributed by atoms with Gasteiger partial charge in [-0.25, -0.2) is 0 Å². The van der Waals surface area contributed by atoms with Crippen LogP contribution in [-0.2, 0) is 6.54 Å². The highest BCUT2D eigenvalue weighted by molar-refractivity contribution is 7.99. The Labute approximate surface area is 117 Å². The van der Waals surface area contributed by atoms with Crippen LogP contribution in [0.4, 0.5) is 0 Å². The largest absolute Gasteiger partial charge is 0.310 e. The number of nitrogens with zero attached hydrogens (tertiary/aromatic N) is 4. The molecule has 0 bridgehead atoms. The Balaban J connectivity index is 1.90. The average Bonchev–Trinajstić information content (AvgIpc) is 2.92. The van der Waals surface area contributed by atoms with Gasteiger partial charge in [0.05, 0.1) is 12.2 Å². The summed E-state index contributed by atoms with van der Waals surface area (Å²) in [6.07, 6.45) is 3.29. The molecule has 0 aliphatic carbocycles. The molecule has 1 unspecified atom stereocenters. The molecule has 1 aromatic carbocycles. The van der Waals surface area contributed by atoms with E-state index < -0.39 is 0 Å². The number of hydrogen-bond donors (Lipinski definition) is 1. The Morgan fingerprint density at radius 1 is 1.32 bits per heavy atom. The maximum Gasteiger partial charge on any atom is 0.170 e. The van der Waals surface area contributed by atoms with Crippen LogP contribution in [0.2, 0.25) is 0 Å². The third-order valence-corrected chi connectivity index (χ3v) is 3.99. The second-order valence-corrected chi connectivity index (χ2v) is 5.63. The van der Waals surface area contributed by atoms with E-state index in [0.717, 1.165) is 24.5 Å². The third-order valence-electron chi connectivity index (χ3n) is 2.95. The fourth-order valence-electron chi connectivity index (χ4n) is 1.71.